The molecule has 0 aromatic heterocycles. The number of ether oxygens (including phenoxy) is 1. The molecule has 2 rings (SSSR count). The van der Waals surface area contributed by atoms with E-state index in [1.807, 2.05) is 0 Å². The molecule has 2 aromatic carbocycles. The van der Waals surface area contributed by atoms with E-state index >= 15 is 0 Å². The number of carbonyl (C=O) groups is 1. The summed E-state index contributed by atoms with van der Waals surface area (Å²) in [5.74, 6) is -1.23. The second kappa shape index (κ2) is 7.10. The summed E-state index contributed by atoms with van der Waals surface area (Å²) in [7, 11) is -2.84. The van der Waals surface area contributed by atoms with E-state index < -0.39 is 28.4 Å². The van der Waals surface area contributed by atoms with Gasteiger partial charge in [0.05, 0.1) is 17.7 Å². The summed E-state index contributed by atoms with van der Waals surface area (Å²) < 4.78 is 44.8. The first kappa shape index (κ1) is 17.4. The number of halogens is 2. The highest BCUT2D eigenvalue weighted by molar-refractivity contribution is 9.10. The largest absolute Gasteiger partial charge is 0.468 e. The highest BCUT2D eigenvalue weighted by Gasteiger charge is 2.27. The first-order chi connectivity index (χ1) is 10.8. The molecule has 2 aromatic rings. The Balaban J connectivity index is 2.49. The third kappa shape index (κ3) is 4.08. The number of hydrogen-bond acceptors (Lipinski definition) is 4. The zero-order valence-electron chi connectivity index (χ0n) is 12.1. The van der Waals surface area contributed by atoms with Gasteiger partial charge in [-0.05, 0) is 48.5 Å². The third-order valence-electron chi connectivity index (χ3n) is 3.02. The number of carbonyl (C=O) groups excluding carboxylic acids is 1. The molecule has 8 heteroatoms. The highest BCUT2D eigenvalue weighted by atomic mass is 79.9. The van der Waals surface area contributed by atoms with E-state index in [1.165, 1.54) is 24.3 Å². The van der Waals surface area contributed by atoms with Crippen LogP contribution in [0.1, 0.15) is 0 Å². The van der Waals surface area contributed by atoms with Crippen molar-refractivity contribution >= 4 is 37.6 Å². The predicted octanol–water partition coefficient (Wildman–Crippen LogP) is 2.96. The third-order valence-corrected chi connectivity index (χ3v) is 5.33. The van der Waals surface area contributed by atoms with Crippen molar-refractivity contribution in [2.24, 2.45) is 0 Å². The molecule has 0 N–H and O–H groups in total. The lowest BCUT2D eigenvalue weighted by Gasteiger charge is -2.23. The quantitative estimate of drug-likeness (QED) is 0.722. The van der Waals surface area contributed by atoms with E-state index in [4.69, 9.17) is 0 Å². The number of esters is 1. The Morgan fingerprint density at radius 2 is 1.70 bits per heavy atom. The van der Waals surface area contributed by atoms with Crippen molar-refractivity contribution in [1.29, 1.82) is 0 Å². The van der Waals surface area contributed by atoms with Gasteiger partial charge in [-0.1, -0.05) is 15.9 Å². The Morgan fingerprint density at radius 1 is 1.13 bits per heavy atom. The minimum atomic E-state index is -4.00. The van der Waals surface area contributed by atoms with Gasteiger partial charge in [0.2, 0.25) is 0 Å². The molecule has 23 heavy (non-hydrogen) atoms. The summed E-state index contributed by atoms with van der Waals surface area (Å²) in [5, 5.41) is 0. The maximum absolute atomic E-state index is 13.1. The van der Waals surface area contributed by atoms with Crippen molar-refractivity contribution in [3.63, 3.8) is 0 Å². The van der Waals surface area contributed by atoms with Crippen LogP contribution < -0.4 is 4.31 Å². The Bertz CT molecular complexity index is 791. The van der Waals surface area contributed by atoms with Gasteiger partial charge in [-0.3, -0.25) is 9.10 Å². The van der Waals surface area contributed by atoms with Crippen molar-refractivity contribution in [1.82, 2.24) is 0 Å². The molecule has 0 atom stereocenters. The molecular weight excluding hydrogens is 389 g/mol. The van der Waals surface area contributed by atoms with Crippen LogP contribution in [0.3, 0.4) is 0 Å². The van der Waals surface area contributed by atoms with Crippen molar-refractivity contribution < 1.29 is 22.3 Å². The van der Waals surface area contributed by atoms with Crippen LogP contribution in [0.5, 0.6) is 0 Å². The number of nitrogens with zero attached hydrogens (tertiary/aromatic N) is 1. The zero-order valence-corrected chi connectivity index (χ0v) is 14.5. The summed E-state index contributed by atoms with van der Waals surface area (Å²) in [5.41, 5.74) is 0.166. The second-order valence-corrected chi connectivity index (χ2v) is 7.30. The maximum Gasteiger partial charge on any atom is 0.326 e. The number of benzene rings is 2. The van der Waals surface area contributed by atoms with Crippen LogP contribution in [0.25, 0.3) is 0 Å². The molecule has 0 aliphatic carbocycles. The molecule has 0 spiro atoms. The lowest BCUT2D eigenvalue weighted by Crippen LogP contribution is -2.36. The van der Waals surface area contributed by atoms with E-state index in [1.54, 1.807) is 12.1 Å². The van der Waals surface area contributed by atoms with Gasteiger partial charge < -0.3 is 4.74 Å². The van der Waals surface area contributed by atoms with Crippen molar-refractivity contribution in [3.8, 4) is 0 Å². The molecule has 122 valence electrons. The Labute approximate surface area is 141 Å². The van der Waals surface area contributed by atoms with Gasteiger partial charge in [0.1, 0.15) is 12.4 Å². The van der Waals surface area contributed by atoms with Crippen LogP contribution in [0, 0.1) is 5.82 Å². The van der Waals surface area contributed by atoms with Crippen LogP contribution in [0.4, 0.5) is 10.1 Å². The average molecular weight is 402 g/mol. The lowest BCUT2D eigenvalue weighted by molar-refractivity contribution is -0.138. The fourth-order valence-electron chi connectivity index (χ4n) is 1.84. The van der Waals surface area contributed by atoms with Gasteiger partial charge in [0, 0.05) is 4.47 Å². The molecule has 0 unspecified atom stereocenters. The van der Waals surface area contributed by atoms with Gasteiger partial charge >= 0.3 is 5.97 Å². The van der Waals surface area contributed by atoms with Gasteiger partial charge in [-0.25, -0.2) is 12.8 Å². The monoisotopic (exact) mass is 401 g/mol. The number of sulfonamides is 1. The topological polar surface area (TPSA) is 63.7 Å². The maximum atomic E-state index is 13.1. The van der Waals surface area contributed by atoms with E-state index in [0.29, 0.717) is 0 Å². The van der Waals surface area contributed by atoms with Crippen LogP contribution in [-0.2, 0) is 19.6 Å². The Hall–Kier alpha value is -1.93. The van der Waals surface area contributed by atoms with Crippen LogP contribution in [0.15, 0.2) is 57.9 Å². The summed E-state index contributed by atoms with van der Waals surface area (Å²) in [4.78, 5) is 11.6. The highest BCUT2D eigenvalue weighted by Crippen LogP contribution is 2.25. The van der Waals surface area contributed by atoms with Gasteiger partial charge in [-0.15, -0.1) is 0 Å². The predicted molar refractivity (Wildman–Crippen MR) is 87.1 cm³/mol. The minimum Gasteiger partial charge on any atom is -0.468 e. The normalized spacial score (nSPS) is 11.1. The second-order valence-electron chi connectivity index (χ2n) is 4.52. The van der Waals surface area contributed by atoms with Gasteiger partial charge in [0.25, 0.3) is 10.0 Å². The fourth-order valence-corrected chi connectivity index (χ4v) is 3.51. The average Bonchev–Trinajstić information content (AvgIpc) is 2.53. The van der Waals surface area contributed by atoms with Crippen molar-refractivity contribution in [2.45, 2.75) is 4.90 Å². The summed E-state index contributed by atoms with van der Waals surface area (Å²) in [6.45, 7) is -0.513. The molecule has 0 aliphatic rings. The lowest BCUT2D eigenvalue weighted by atomic mass is 10.3. The number of rotatable bonds is 5. The molecule has 5 nitrogen and oxygen atoms in total. The standard InChI is InChI=1S/C15H13BrFNO4S/c1-22-15(19)10-18(13-6-4-12(17)5-7-13)23(20,21)14-8-2-11(16)3-9-14/h2-9H,10H2,1H3. The molecule has 0 fully saturated rings. The zero-order chi connectivity index (χ0) is 17.0. The fraction of sp³-hybridized carbons (Fsp3) is 0.133. The molecule has 0 bridgehead atoms. The van der Waals surface area contributed by atoms with E-state index in [9.17, 15) is 17.6 Å². The Morgan fingerprint density at radius 3 is 2.22 bits per heavy atom. The number of methoxy groups -OCH3 is 1. The molecular formula is C15H13BrFNO4S. The van der Waals surface area contributed by atoms with E-state index in [2.05, 4.69) is 20.7 Å². The van der Waals surface area contributed by atoms with Crippen molar-refractivity contribution in [3.05, 3.63) is 58.8 Å². The van der Waals surface area contributed by atoms with Gasteiger partial charge in [0.15, 0.2) is 0 Å². The summed E-state index contributed by atoms with van der Waals surface area (Å²) in [6, 6.07) is 10.8. The van der Waals surface area contributed by atoms with Crippen LogP contribution in [-0.4, -0.2) is 28.0 Å². The van der Waals surface area contributed by atoms with E-state index in [0.717, 1.165) is 28.0 Å². The SMILES string of the molecule is COC(=O)CN(c1ccc(F)cc1)S(=O)(=O)c1ccc(Br)cc1. The molecule has 0 saturated carbocycles. The first-order valence-electron chi connectivity index (χ1n) is 6.45. The Kier molecular flexibility index (Phi) is 5.38. The molecule has 0 amide bonds. The van der Waals surface area contributed by atoms with Crippen LogP contribution >= 0.6 is 15.9 Å². The molecule has 0 saturated heterocycles. The summed E-state index contributed by atoms with van der Waals surface area (Å²) in [6.07, 6.45) is 0. The summed E-state index contributed by atoms with van der Waals surface area (Å²) >= 11 is 3.23. The van der Waals surface area contributed by atoms with Gasteiger partial charge in [-0.2, -0.15) is 0 Å². The molecule has 0 radical (unpaired) electrons. The minimum absolute atomic E-state index is 0.00827. The molecule has 0 heterocycles. The number of hydrogen-bond donors (Lipinski definition) is 0. The van der Waals surface area contributed by atoms with E-state index in [-0.39, 0.29) is 10.6 Å². The number of anilines is 1. The molecule has 0 aliphatic heterocycles. The first-order valence-corrected chi connectivity index (χ1v) is 8.68. The van der Waals surface area contributed by atoms with Crippen molar-refractivity contribution in [2.75, 3.05) is 18.0 Å². The van der Waals surface area contributed by atoms with Crippen LogP contribution in [0.2, 0.25) is 0 Å². The smallest absolute Gasteiger partial charge is 0.326 e.